The molecule has 5 nitrogen and oxygen atoms in total. The van der Waals surface area contributed by atoms with Crippen molar-refractivity contribution in [2.75, 3.05) is 0 Å². The first-order chi connectivity index (χ1) is 7.97. The van der Waals surface area contributed by atoms with Crippen molar-refractivity contribution in [3.63, 3.8) is 0 Å². The minimum Gasteiger partial charge on any atom is -0.366 e. The lowest BCUT2D eigenvalue weighted by Gasteiger charge is -2.08. The molecule has 90 valence electrons. The van der Waals surface area contributed by atoms with E-state index >= 15 is 0 Å². The predicted molar refractivity (Wildman–Crippen MR) is 63.1 cm³/mol. The molecule has 0 N–H and O–H groups in total. The number of hydrogen-bond donors (Lipinski definition) is 0. The van der Waals surface area contributed by atoms with Crippen molar-refractivity contribution >= 4 is 10.3 Å². The summed E-state index contributed by atoms with van der Waals surface area (Å²) in [4.78, 5) is 3.67. The summed E-state index contributed by atoms with van der Waals surface area (Å²) in [5, 5.41) is 0. The zero-order chi connectivity index (χ0) is 12.5. The summed E-state index contributed by atoms with van der Waals surface area (Å²) in [6.07, 6.45) is 3.87. The average molecular weight is 252 g/mol. The summed E-state index contributed by atoms with van der Waals surface area (Å²) in [6.45, 7) is 3.76. The maximum atomic E-state index is 11.8. The second kappa shape index (κ2) is 4.21. The van der Waals surface area contributed by atoms with Crippen LogP contribution in [0.4, 0.5) is 0 Å². The van der Waals surface area contributed by atoms with Crippen LogP contribution in [0, 0.1) is 13.8 Å². The zero-order valence-electron chi connectivity index (χ0n) is 9.49. The van der Waals surface area contributed by atoms with Gasteiger partial charge in [-0.3, -0.25) is 0 Å². The van der Waals surface area contributed by atoms with Crippen LogP contribution in [-0.2, 0) is 10.3 Å². The molecule has 0 saturated heterocycles. The lowest BCUT2D eigenvalue weighted by atomic mass is 10.1. The highest BCUT2D eigenvalue weighted by molar-refractivity contribution is 7.85. The second-order valence-electron chi connectivity index (χ2n) is 3.76. The highest BCUT2D eigenvalue weighted by Crippen LogP contribution is 2.18. The van der Waals surface area contributed by atoms with Crippen LogP contribution in [0.25, 0.3) is 0 Å². The Bertz CT molecular complexity index is 598. The topological polar surface area (TPSA) is 61.2 Å². The molecule has 0 unspecified atom stereocenters. The van der Waals surface area contributed by atoms with Crippen molar-refractivity contribution in [1.82, 2.24) is 8.96 Å². The summed E-state index contributed by atoms with van der Waals surface area (Å²) >= 11 is 0. The molecule has 0 spiro atoms. The van der Waals surface area contributed by atoms with Crippen LogP contribution in [0.5, 0.6) is 5.75 Å². The molecular weight excluding hydrogens is 240 g/mol. The number of imidazole rings is 1. The van der Waals surface area contributed by atoms with Gasteiger partial charge >= 0.3 is 10.3 Å². The molecular formula is C11H12N2O3S. The second-order valence-corrected chi connectivity index (χ2v) is 5.20. The van der Waals surface area contributed by atoms with E-state index in [1.54, 1.807) is 12.1 Å². The fourth-order valence-corrected chi connectivity index (χ4v) is 2.32. The van der Waals surface area contributed by atoms with E-state index in [1.165, 1.54) is 18.7 Å². The fraction of sp³-hybridized carbons (Fsp3) is 0.182. The van der Waals surface area contributed by atoms with Gasteiger partial charge in [-0.05, 0) is 37.1 Å². The maximum Gasteiger partial charge on any atom is 0.414 e. The van der Waals surface area contributed by atoms with Gasteiger partial charge in [0.1, 0.15) is 12.1 Å². The van der Waals surface area contributed by atoms with Crippen LogP contribution in [-0.4, -0.2) is 17.4 Å². The van der Waals surface area contributed by atoms with E-state index in [0.29, 0.717) is 5.75 Å². The Morgan fingerprint density at radius 3 is 2.35 bits per heavy atom. The van der Waals surface area contributed by atoms with Crippen LogP contribution in [0.15, 0.2) is 36.9 Å². The number of hydrogen-bond acceptors (Lipinski definition) is 4. The fourth-order valence-electron chi connectivity index (χ4n) is 1.52. The average Bonchev–Trinajstić information content (AvgIpc) is 2.67. The van der Waals surface area contributed by atoms with Crippen LogP contribution in [0.1, 0.15) is 11.1 Å². The SMILES string of the molecule is Cc1cc(C)cc(OS(=O)(=O)n2ccnc2)c1. The van der Waals surface area contributed by atoms with Gasteiger partial charge in [-0.25, -0.2) is 8.96 Å². The van der Waals surface area contributed by atoms with Gasteiger partial charge in [0.2, 0.25) is 0 Å². The quantitative estimate of drug-likeness (QED) is 0.833. The third-order valence-corrected chi connectivity index (χ3v) is 3.27. The van der Waals surface area contributed by atoms with Crippen molar-refractivity contribution in [3.8, 4) is 5.75 Å². The van der Waals surface area contributed by atoms with Crippen molar-refractivity contribution in [2.45, 2.75) is 13.8 Å². The molecule has 0 aliphatic carbocycles. The Morgan fingerprint density at radius 2 is 1.82 bits per heavy atom. The van der Waals surface area contributed by atoms with Gasteiger partial charge in [-0.15, -0.1) is 0 Å². The van der Waals surface area contributed by atoms with E-state index in [-0.39, 0.29) is 0 Å². The summed E-state index contributed by atoms with van der Waals surface area (Å²) in [7, 11) is -3.85. The first kappa shape index (κ1) is 11.7. The third-order valence-electron chi connectivity index (χ3n) is 2.14. The number of rotatable bonds is 3. The van der Waals surface area contributed by atoms with Crippen LogP contribution >= 0.6 is 0 Å². The van der Waals surface area contributed by atoms with Crippen LogP contribution < -0.4 is 4.18 Å². The van der Waals surface area contributed by atoms with Gasteiger partial charge < -0.3 is 4.18 Å². The Hall–Kier alpha value is -1.82. The summed E-state index contributed by atoms with van der Waals surface area (Å²) in [5.41, 5.74) is 1.89. The van der Waals surface area contributed by atoms with Gasteiger partial charge in [0, 0.05) is 12.4 Å². The largest absolute Gasteiger partial charge is 0.414 e. The number of nitrogens with zero attached hydrogens (tertiary/aromatic N) is 2. The van der Waals surface area contributed by atoms with Crippen molar-refractivity contribution < 1.29 is 12.6 Å². The molecule has 17 heavy (non-hydrogen) atoms. The summed E-state index contributed by atoms with van der Waals surface area (Å²) in [5.74, 6) is 0.302. The molecule has 1 heterocycles. The van der Waals surface area contributed by atoms with Gasteiger partial charge in [-0.2, -0.15) is 8.42 Å². The Balaban J connectivity index is 2.33. The number of aryl methyl sites for hydroxylation is 2. The van der Waals surface area contributed by atoms with Gasteiger partial charge in [-0.1, -0.05) is 6.07 Å². The van der Waals surface area contributed by atoms with E-state index in [9.17, 15) is 8.42 Å². The summed E-state index contributed by atoms with van der Waals surface area (Å²) in [6, 6.07) is 5.28. The lowest BCUT2D eigenvalue weighted by Crippen LogP contribution is -2.17. The summed E-state index contributed by atoms with van der Waals surface area (Å²) < 4.78 is 29.5. The van der Waals surface area contributed by atoms with E-state index in [4.69, 9.17) is 4.18 Å². The monoisotopic (exact) mass is 252 g/mol. The van der Waals surface area contributed by atoms with E-state index in [0.717, 1.165) is 15.1 Å². The molecule has 1 aromatic heterocycles. The minimum absolute atomic E-state index is 0.302. The van der Waals surface area contributed by atoms with Crippen molar-refractivity contribution in [1.29, 1.82) is 0 Å². The molecule has 0 saturated carbocycles. The number of benzene rings is 1. The molecule has 0 atom stereocenters. The maximum absolute atomic E-state index is 11.8. The Morgan fingerprint density at radius 1 is 1.18 bits per heavy atom. The van der Waals surface area contributed by atoms with Gasteiger partial charge in [0.05, 0.1) is 0 Å². The van der Waals surface area contributed by atoms with Crippen molar-refractivity contribution in [3.05, 3.63) is 48.0 Å². The molecule has 0 amide bonds. The third kappa shape index (κ3) is 2.65. The molecule has 0 aliphatic rings. The predicted octanol–water partition coefficient (Wildman–Crippen LogP) is 1.67. The zero-order valence-corrected chi connectivity index (χ0v) is 10.3. The molecule has 2 rings (SSSR count). The van der Waals surface area contributed by atoms with E-state index in [2.05, 4.69) is 4.98 Å². The normalized spacial score (nSPS) is 11.4. The van der Waals surface area contributed by atoms with Crippen LogP contribution in [0.3, 0.4) is 0 Å². The first-order valence-electron chi connectivity index (χ1n) is 4.98. The van der Waals surface area contributed by atoms with E-state index < -0.39 is 10.3 Å². The smallest absolute Gasteiger partial charge is 0.366 e. The first-order valence-corrected chi connectivity index (χ1v) is 6.35. The standard InChI is InChI=1S/C11H12N2O3S/c1-9-5-10(2)7-11(6-9)16-17(14,15)13-4-3-12-8-13/h3-8H,1-2H3. The molecule has 2 aromatic rings. The van der Waals surface area contributed by atoms with Crippen LogP contribution in [0.2, 0.25) is 0 Å². The minimum atomic E-state index is -3.85. The highest BCUT2D eigenvalue weighted by Gasteiger charge is 2.14. The molecule has 0 fully saturated rings. The molecule has 0 bridgehead atoms. The highest BCUT2D eigenvalue weighted by atomic mass is 32.2. The Kier molecular flexibility index (Phi) is 2.89. The molecule has 1 aromatic carbocycles. The lowest BCUT2D eigenvalue weighted by molar-refractivity contribution is 0.475. The molecule has 0 aliphatic heterocycles. The Labute approximate surface area is 99.9 Å². The molecule has 0 radical (unpaired) electrons. The van der Waals surface area contributed by atoms with E-state index in [1.807, 2.05) is 19.9 Å². The molecule has 6 heteroatoms. The van der Waals surface area contributed by atoms with Gasteiger partial charge in [0.25, 0.3) is 0 Å². The van der Waals surface area contributed by atoms with Crippen molar-refractivity contribution in [2.24, 2.45) is 0 Å². The number of aromatic nitrogens is 2. The van der Waals surface area contributed by atoms with Gasteiger partial charge in [0.15, 0.2) is 0 Å².